The molecule has 2 aliphatic rings. The lowest BCUT2D eigenvalue weighted by molar-refractivity contribution is 0.0704. The Morgan fingerprint density at radius 1 is 1.04 bits per heavy atom. The van der Waals surface area contributed by atoms with Crippen molar-refractivity contribution in [2.24, 2.45) is 0 Å². The molecule has 0 radical (unpaired) electrons. The Morgan fingerprint density at radius 2 is 1.75 bits per heavy atom. The van der Waals surface area contributed by atoms with Gasteiger partial charge >= 0.3 is 0 Å². The zero-order valence-electron chi connectivity index (χ0n) is 16.4. The van der Waals surface area contributed by atoms with Gasteiger partial charge in [-0.1, -0.05) is 18.2 Å². The third-order valence-electron chi connectivity index (χ3n) is 5.93. The predicted octanol–water partition coefficient (Wildman–Crippen LogP) is 4.20. The Morgan fingerprint density at radius 3 is 2.43 bits per heavy atom. The van der Waals surface area contributed by atoms with Gasteiger partial charge in [-0.2, -0.15) is 0 Å². The standard InChI is InChI=1S/C23H27FN2O2/c1-28-20-9-6-17(7-10-20)18-8-11-21(22(24)15-18)23(27)26-14-4-5-19(26)16-25-12-2-3-13-25/h6-11,15,19H,2-5,12-14,16H2,1H3/t19-/m1/s1. The number of nitrogens with zero attached hydrogens (tertiary/aromatic N) is 2. The van der Waals surface area contributed by atoms with Crippen LogP contribution in [0.5, 0.6) is 5.75 Å². The summed E-state index contributed by atoms with van der Waals surface area (Å²) < 4.78 is 20.0. The number of amides is 1. The van der Waals surface area contributed by atoms with Crippen molar-refractivity contribution in [3.05, 3.63) is 53.8 Å². The lowest BCUT2D eigenvalue weighted by Crippen LogP contribution is -2.42. The van der Waals surface area contributed by atoms with E-state index in [0.717, 1.165) is 55.9 Å². The molecule has 1 amide bonds. The van der Waals surface area contributed by atoms with Crippen LogP contribution in [0.3, 0.4) is 0 Å². The first-order valence-electron chi connectivity index (χ1n) is 10.1. The zero-order valence-corrected chi connectivity index (χ0v) is 16.4. The van der Waals surface area contributed by atoms with Gasteiger partial charge < -0.3 is 14.5 Å². The monoisotopic (exact) mass is 382 g/mol. The molecule has 5 heteroatoms. The minimum atomic E-state index is -0.454. The highest BCUT2D eigenvalue weighted by atomic mass is 19.1. The highest BCUT2D eigenvalue weighted by Crippen LogP contribution is 2.27. The molecule has 1 atom stereocenters. The van der Waals surface area contributed by atoms with Crippen LogP contribution in [0.1, 0.15) is 36.0 Å². The molecule has 0 unspecified atom stereocenters. The zero-order chi connectivity index (χ0) is 19.5. The lowest BCUT2D eigenvalue weighted by Gasteiger charge is -2.28. The first-order chi connectivity index (χ1) is 13.7. The third-order valence-corrected chi connectivity index (χ3v) is 5.93. The molecule has 148 valence electrons. The van der Waals surface area contributed by atoms with Gasteiger partial charge in [0.25, 0.3) is 5.91 Å². The maximum absolute atomic E-state index is 14.8. The quantitative estimate of drug-likeness (QED) is 0.777. The van der Waals surface area contributed by atoms with Crippen molar-refractivity contribution >= 4 is 5.91 Å². The van der Waals surface area contributed by atoms with Crippen molar-refractivity contribution in [1.82, 2.24) is 9.80 Å². The number of methoxy groups -OCH3 is 1. The summed E-state index contributed by atoms with van der Waals surface area (Å²) >= 11 is 0. The summed E-state index contributed by atoms with van der Waals surface area (Å²) in [5.41, 5.74) is 1.82. The number of likely N-dealkylation sites (tertiary alicyclic amines) is 2. The number of benzene rings is 2. The molecule has 0 aromatic heterocycles. The number of hydrogen-bond donors (Lipinski definition) is 0. The summed E-state index contributed by atoms with van der Waals surface area (Å²) in [4.78, 5) is 17.3. The van der Waals surface area contributed by atoms with Crippen LogP contribution in [-0.4, -0.2) is 55.0 Å². The van der Waals surface area contributed by atoms with E-state index >= 15 is 0 Å². The average Bonchev–Trinajstić information content (AvgIpc) is 3.40. The molecule has 4 rings (SSSR count). The Kier molecular flexibility index (Phi) is 5.62. The second-order valence-electron chi connectivity index (χ2n) is 7.73. The third kappa shape index (κ3) is 3.90. The summed E-state index contributed by atoms with van der Waals surface area (Å²) in [6.07, 6.45) is 4.48. The maximum atomic E-state index is 14.8. The van der Waals surface area contributed by atoms with Gasteiger partial charge in [0.15, 0.2) is 0 Å². The Balaban J connectivity index is 1.50. The molecular weight excluding hydrogens is 355 g/mol. The van der Waals surface area contributed by atoms with Crippen LogP contribution >= 0.6 is 0 Å². The normalized spacial score (nSPS) is 19.9. The summed E-state index contributed by atoms with van der Waals surface area (Å²) in [5, 5.41) is 0. The van der Waals surface area contributed by atoms with E-state index in [1.807, 2.05) is 35.2 Å². The molecule has 0 spiro atoms. The van der Waals surface area contributed by atoms with E-state index in [4.69, 9.17) is 4.74 Å². The van der Waals surface area contributed by atoms with Crippen LogP contribution in [0.15, 0.2) is 42.5 Å². The highest BCUT2D eigenvalue weighted by molar-refractivity contribution is 5.95. The average molecular weight is 382 g/mol. The summed E-state index contributed by atoms with van der Waals surface area (Å²) in [6.45, 7) is 3.86. The number of halogens is 1. The summed E-state index contributed by atoms with van der Waals surface area (Å²) in [6, 6.07) is 12.6. The van der Waals surface area contributed by atoms with Gasteiger partial charge in [0.1, 0.15) is 11.6 Å². The van der Waals surface area contributed by atoms with Crippen LogP contribution in [0.25, 0.3) is 11.1 Å². The topological polar surface area (TPSA) is 32.8 Å². The van der Waals surface area contributed by atoms with E-state index in [9.17, 15) is 9.18 Å². The number of ether oxygens (including phenoxy) is 1. The van der Waals surface area contributed by atoms with Gasteiger partial charge in [-0.25, -0.2) is 4.39 Å². The van der Waals surface area contributed by atoms with Crippen molar-refractivity contribution in [2.45, 2.75) is 31.7 Å². The largest absolute Gasteiger partial charge is 0.497 e. The number of carbonyl (C=O) groups is 1. The van der Waals surface area contributed by atoms with Crippen molar-refractivity contribution < 1.29 is 13.9 Å². The SMILES string of the molecule is COc1ccc(-c2ccc(C(=O)N3CCC[C@@H]3CN3CCCC3)c(F)c2)cc1. The number of carbonyl (C=O) groups excluding carboxylic acids is 1. The van der Waals surface area contributed by atoms with Crippen LogP contribution in [0.2, 0.25) is 0 Å². The van der Waals surface area contributed by atoms with Gasteiger partial charge in [-0.05, 0) is 74.2 Å². The Bertz CT molecular complexity index is 831. The molecule has 2 fully saturated rings. The van der Waals surface area contributed by atoms with E-state index in [1.54, 1.807) is 13.2 Å². The minimum absolute atomic E-state index is 0.172. The molecule has 4 nitrogen and oxygen atoms in total. The molecular formula is C23H27FN2O2. The Hall–Kier alpha value is -2.40. The maximum Gasteiger partial charge on any atom is 0.257 e. The highest BCUT2D eigenvalue weighted by Gasteiger charge is 2.32. The molecule has 0 saturated carbocycles. The first kappa shape index (κ1) is 18.9. The molecule has 2 aromatic carbocycles. The van der Waals surface area contributed by atoms with Crippen molar-refractivity contribution in [1.29, 1.82) is 0 Å². The van der Waals surface area contributed by atoms with Crippen LogP contribution in [-0.2, 0) is 0 Å². The second kappa shape index (κ2) is 8.31. The fourth-order valence-corrected chi connectivity index (χ4v) is 4.36. The van der Waals surface area contributed by atoms with Crippen LogP contribution in [0.4, 0.5) is 4.39 Å². The summed E-state index contributed by atoms with van der Waals surface area (Å²) in [5.74, 6) is 0.125. The molecule has 2 heterocycles. The van der Waals surface area contributed by atoms with Gasteiger partial charge in [0.05, 0.1) is 12.7 Å². The molecule has 2 aliphatic heterocycles. The fraction of sp³-hybridized carbons (Fsp3) is 0.435. The van der Waals surface area contributed by atoms with Crippen LogP contribution in [0, 0.1) is 5.82 Å². The first-order valence-corrected chi connectivity index (χ1v) is 10.1. The van der Waals surface area contributed by atoms with Gasteiger partial charge in [0.2, 0.25) is 0 Å². The molecule has 2 aromatic rings. The van der Waals surface area contributed by atoms with Gasteiger partial charge in [-0.3, -0.25) is 4.79 Å². The molecule has 28 heavy (non-hydrogen) atoms. The van der Waals surface area contributed by atoms with Gasteiger partial charge in [-0.15, -0.1) is 0 Å². The van der Waals surface area contributed by atoms with E-state index in [0.29, 0.717) is 0 Å². The Labute approximate surface area is 165 Å². The van der Waals surface area contributed by atoms with Gasteiger partial charge in [0, 0.05) is 19.1 Å². The molecule has 0 aliphatic carbocycles. The van der Waals surface area contributed by atoms with E-state index < -0.39 is 5.82 Å². The second-order valence-corrected chi connectivity index (χ2v) is 7.73. The van der Waals surface area contributed by atoms with Crippen molar-refractivity contribution in [2.75, 3.05) is 33.3 Å². The lowest BCUT2D eigenvalue weighted by atomic mass is 10.0. The molecule has 2 saturated heterocycles. The van der Waals surface area contributed by atoms with Crippen molar-refractivity contribution in [3.8, 4) is 16.9 Å². The van der Waals surface area contributed by atoms with Crippen LogP contribution < -0.4 is 4.74 Å². The van der Waals surface area contributed by atoms with Crippen molar-refractivity contribution in [3.63, 3.8) is 0 Å². The van der Waals surface area contributed by atoms with E-state index in [-0.39, 0.29) is 17.5 Å². The number of hydrogen-bond acceptors (Lipinski definition) is 3. The van der Waals surface area contributed by atoms with E-state index in [2.05, 4.69) is 4.90 Å². The summed E-state index contributed by atoms with van der Waals surface area (Å²) in [7, 11) is 1.62. The predicted molar refractivity (Wildman–Crippen MR) is 108 cm³/mol. The smallest absolute Gasteiger partial charge is 0.257 e. The fourth-order valence-electron chi connectivity index (χ4n) is 4.36. The molecule has 0 N–H and O–H groups in total. The minimum Gasteiger partial charge on any atom is -0.497 e. The number of rotatable bonds is 5. The molecule has 0 bridgehead atoms. The van der Waals surface area contributed by atoms with E-state index in [1.165, 1.54) is 18.9 Å².